The van der Waals surface area contributed by atoms with E-state index < -0.39 is 0 Å². The van der Waals surface area contributed by atoms with E-state index in [-0.39, 0.29) is 5.82 Å². The summed E-state index contributed by atoms with van der Waals surface area (Å²) in [6, 6.07) is 9.13. The van der Waals surface area contributed by atoms with E-state index in [1.54, 1.807) is 24.4 Å². The third kappa shape index (κ3) is 3.81. The smallest absolute Gasteiger partial charge is 0.145 e. The molecule has 1 aromatic carbocycles. The predicted octanol–water partition coefficient (Wildman–Crippen LogP) is 2.24. The van der Waals surface area contributed by atoms with Crippen molar-refractivity contribution in [3.8, 4) is 5.75 Å². The highest BCUT2D eigenvalue weighted by atomic mass is 19.1. The number of halogens is 1. The Kier molecular flexibility index (Phi) is 4.65. The number of rotatable bonds is 4. The minimum absolute atomic E-state index is 0.232. The zero-order valence-electron chi connectivity index (χ0n) is 12.5. The van der Waals surface area contributed by atoms with Crippen molar-refractivity contribution >= 4 is 0 Å². The molecule has 1 saturated heterocycles. The van der Waals surface area contributed by atoms with Gasteiger partial charge in [-0.1, -0.05) is 12.1 Å². The van der Waals surface area contributed by atoms with Gasteiger partial charge in [-0.25, -0.2) is 4.39 Å². The minimum Gasteiger partial charge on any atom is -0.508 e. The fraction of sp³-hybridized carbons (Fsp3) is 0.353. The van der Waals surface area contributed by atoms with Gasteiger partial charge in [0.25, 0.3) is 0 Å². The lowest BCUT2D eigenvalue weighted by atomic mass is 10.1. The number of phenolic OH excluding ortho intramolecular Hbond substituents is 1. The molecule has 5 heteroatoms. The number of nitrogens with zero attached hydrogens (tertiary/aromatic N) is 3. The summed E-state index contributed by atoms with van der Waals surface area (Å²) < 4.78 is 13.6. The van der Waals surface area contributed by atoms with Crippen LogP contribution in [0, 0.1) is 5.82 Å². The Labute approximate surface area is 129 Å². The number of aromatic nitrogens is 1. The summed E-state index contributed by atoms with van der Waals surface area (Å²) in [6.07, 6.45) is 2.91. The maximum absolute atomic E-state index is 13.6. The summed E-state index contributed by atoms with van der Waals surface area (Å²) in [5.41, 5.74) is 1.82. The molecule has 116 valence electrons. The number of benzene rings is 1. The van der Waals surface area contributed by atoms with Gasteiger partial charge in [-0.05, 0) is 23.8 Å². The molecule has 0 spiro atoms. The zero-order valence-corrected chi connectivity index (χ0v) is 12.5. The van der Waals surface area contributed by atoms with Crippen LogP contribution in [0.1, 0.15) is 11.1 Å². The van der Waals surface area contributed by atoms with E-state index in [1.807, 2.05) is 12.1 Å². The quantitative estimate of drug-likeness (QED) is 0.940. The van der Waals surface area contributed by atoms with E-state index in [4.69, 9.17) is 0 Å². The summed E-state index contributed by atoms with van der Waals surface area (Å²) >= 11 is 0. The molecule has 0 amide bonds. The lowest BCUT2D eigenvalue weighted by molar-refractivity contribution is 0.121. The van der Waals surface area contributed by atoms with Crippen molar-refractivity contribution in [1.29, 1.82) is 0 Å². The second-order valence-electron chi connectivity index (χ2n) is 5.69. The lowest BCUT2D eigenvalue weighted by Crippen LogP contribution is -2.45. The van der Waals surface area contributed by atoms with Crippen molar-refractivity contribution in [2.45, 2.75) is 13.1 Å². The van der Waals surface area contributed by atoms with Crippen molar-refractivity contribution in [2.75, 3.05) is 26.2 Å². The topological polar surface area (TPSA) is 39.6 Å². The van der Waals surface area contributed by atoms with Crippen LogP contribution in [0.15, 0.2) is 42.7 Å². The molecule has 0 bridgehead atoms. The van der Waals surface area contributed by atoms with Crippen molar-refractivity contribution in [2.24, 2.45) is 0 Å². The Morgan fingerprint density at radius 3 is 2.45 bits per heavy atom. The molecule has 1 aromatic heterocycles. The molecule has 0 aliphatic carbocycles. The zero-order chi connectivity index (χ0) is 15.4. The average Bonchev–Trinajstić information content (AvgIpc) is 2.52. The average molecular weight is 301 g/mol. The van der Waals surface area contributed by atoms with Crippen LogP contribution < -0.4 is 0 Å². The highest BCUT2D eigenvalue weighted by Gasteiger charge is 2.18. The Hall–Kier alpha value is -1.98. The van der Waals surface area contributed by atoms with E-state index in [9.17, 15) is 9.50 Å². The summed E-state index contributed by atoms with van der Waals surface area (Å²) in [4.78, 5) is 8.40. The van der Waals surface area contributed by atoms with Crippen LogP contribution in [0.5, 0.6) is 5.75 Å². The van der Waals surface area contributed by atoms with Crippen LogP contribution in [0.4, 0.5) is 4.39 Å². The molecular weight excluding hydrogens is 281 g/mol. The van der Waals surface area contributed by atoms with E-state index in [1.165, 1.54) is 6.20 Å². The molecule has 1 N–H and O–H groups in total. The Morgan fingerprint density at radius 2 is 1.77 bits per heavy atom. The van der Waals surface area contributed by atoms with Gasteiger partial charge in [0.15, 0.2) is 0 Å². The maximum atomic E-state index is 13.6. The number of pyridine rings is 1. The second kappa shape index (κ2) is 6.85. The standard InChI is InChI=1S/C17H20FN3O/c18-17-11-19-5-4-15(17)13-21-8-6-20(7-9-21)12-14-2-1-3-16(22)10-14/h1-5,10-11,22H,6-9,12-13H2. The second-order valence-corrected chi connectivity index (χ2v) is 5.69. The summed E-state index contributed by atoms with van der Waals surface area (Å²) in [7, 11) is 0. The first kappa shape index (κ1) is 14.9. The molecule has 0 radical (unpaired) electrons. The van der Waals surface area contributed by atoms with Crippen LogP contribution in [0.25, 0.3) is 0 Å². The Balaban J connectivity index is 1.51. The van der Waals surface area contributed by atoms with Crippen molar-refractivity contribution in [3.63, 3.8) is 0 Å². The number of hydrogen-bond acceptors (Lipinski definition) is 4. The van der Waals surface area contributed by atoms with E-state index in [0.29, 0.717) is 17.9 Å². The SMILES string of the molecule is Oc1cccc(CN2CCN(Cc3ccncc3F)CC2)c1. The van der Waals surface area contributed by atoms with Crippen molar-refractivity contribution in [1.82, 2.24) is 14.8 Å². The van der Waals surface area contributed by atoms with Crippen LogP contribution in [-0.4, -0.2) is 46.1 Å². The molecular formula is C17H20FN3O. The third-order valence-electron chi connectivity index (χ3n) is 4.03. The van der Waals surface area contributed by atoms with Crippen LogP contribution in [0.2, 0.25) is 0 Å². The Bertz CT molecular complexity index is 627. The van der Waals surface area contributed by atoms with Crippen LogP contribution in [-0.2, 0) is 13.1 Å². The van der Waals surface area contributed by atoms with Gasteiger partial charge in [0.2, 0.25) is 0 Å². The normalized spacial score (nSPS) is 16.8. The Morgan fingerprint density at radius 1 is 1.05 bits per heavy atom. The van der Waals surface area contributed by atoms with Crippen molar-refractivity contribution in [3.05, 3.63) is 59.7 Å². The van der Waals surface area contributed by atoms with Gasteiger partial charge in [-0.3, -0.25) is 14.8 Å². The molecule has 1 fully saturated rings. The molecule has 0 saturated carbocycles. The molecule has 2 aromatic rings. The van der Waals surface area contributed by atoms with Gasteiger partial charge in [-0.15, -0.1) is 0 Å². The molecule has 0 atom stereocenters. The number of phenols is 1. The first-order chi connectivity index (χ1) is 10.7. The maximum Gasteiger partial charge on any atom is 0.145 e. The highest BCUT2D eigenvalue weighted by molar-refractivity contribution is 5.27. The molecule has 1 aliphatic rings. The summed E-state index contributed by atoms with van der Waals surface area (Å²) in [5.74, 6) is 0.0778. The van der Waals surface area contributed by atoms with E-state index >= 15 is 0 Å². The largest absolute Gasteiger partial charge is 0.508 e. The van der Waals surface area contributed by atoms with Gasteiger partial charge in [0.1, 0.15) is 11.6 Å². The number of hydrogen-bond donors (Lipinski definition) is 1. The molecule has 4 nitrogen and oxygen atoms in total. The fourth-order valence-corrected chi connectivity index (χ4v) is 2.79. The molecule has 22 heavy (non-hydrogen) atoms. The number of piperazine rings is 1. The third-order valence-corrected chi connectivity index (χ3v) is 4.03. The summed E-state index contributed by atoms with van der Waals surface area (Å²) in [6.45, 7) is 5.20. The summed E-state index contributed by atoms with van der Waals surface area (Å²) in [5, 5.41) is 9.51. The van der Waals surface area contributed by atoms with E-state index in [2.05, 4.69) is 14.8 Å². The molecule has 1 aliphatic heterocycles. The van der Waals surface area contributed by atoms with Crippen LogP contribution >= 0.6 is 0 Å². The molecule has 3 rings (SSSR count). The van der Waals surface area contributed by atoms with E-state index in [0.717, 1.165) is 38.3 Å². The van der Waals surface area contributed by atoms with Gasteiger partial charge in [0.05, 0.1) is 6.20 Å². The first-order valence-electron chi connectivity index (χ1n) is 7.52. The van der Waals surface area contributed by atoms with Crippen LogP contribution in [0.3, 0.4) is 0 Å². The highest BCUT2D eigenvalue weighted by Crippen LogP contribution is 2.15. The number of aromatic hydroxyl groups is 1. The van der Waals surface area contributed by atoms with Gasteiger partial charge < -0.3 is 5.11 Å². The minimum atomic E-state index is -0.232. The molecule has 2 heterocycles. The van der Waals surface area contributed by atoms with Crippen molar-refractivity contribution < 1.29 is 9.50 Å². The van der Waals surface area contributed by atoms with Gasteiger partial charge >= 0.3 is 0 Å². The first-order valence-corrected chi connectivity index (χ1v) is 7.52. The van der Waals surface area contributed by atoms with Gasteiger partial charge in [0, 0.05) is 51.0 Å². The fourth-order valence-electron chi connectivity index (χ4n) is 2.79. The predicted molar refractivity (Wildman–Crippen MR) is 82.9 cm³/mol. The van der Waals surface area contributed by atoms with Gasteiger partial charge in [-0.2, -0.15) is 0 Å². The monoisotopic (exact) mass is 301 g/mol. The molecule has 0 unspecified atom stereocenters. The lowest BCUT2D eigenvalue weighted by Gasteiger charge is -2.34.